The Kier molecular flexibility index (Phi) is 3.99. The minimum absolute atomic E-state index is 0.0333. The molecule has 0 atom stereocenters. The number of hydrogen-bond acceptors (Lipinski definition) is 6. The van der Waals surface area contributed by atoms with Crippen LogP contribution >= 0.6 is 0 Å². The lowest BCUT2D eigenvalue weighted by molar-refractivity contribution is -0.384. The fourth-order valence-corrected chi connectivity index (χ4v) is 2.84. The second-order valence-electron chi connectivity index (χ2n) is 5.42. The van der Waals surface area contributed by atoms with E-state index < -0.39 is 4.92 Å². The predicted molar refractivity (Wildman–Crippen MR) is 80.8 cm³/mol. The Morgan fingerprint density at radius 1 is 1.45 bits per heavy atom. The number of H-pyrrole nitrogens is 1. The number of hydrogen-bond donors (Lipinski definition) is 1. The van der Waals surface area contributed by atoms with E-state index >= 15 is 0 Å². The van der Waals surface area contributed by atoms with E-state index in [9.17, 15) is 10.1 Å². The number of nitrogens with zero attached hydrogens (tertiary/aromatic N) is 5. The first-order valence-corrected chi connectivity index (χ1v) is 7.42. The molecule has 22 heavy (non-hydrogen) atoms. The lowest BCUT2D eigenvalue weighted by Gasteiger charge is -2.31. The highest BCUT2D eigenvalue weighted by Gasteiger charge is 2.27. The zero-order chi connectivity index (χ0) is 15.5. The molecule has 1 fully saturated rings. The summed E-state index contributed by atoms with van der Waals surface area (Å²) in [7, 11) is 0. The molecule has 8 nitrogen and oxygen atoms in total. The summed E-state index contributed by atoms with van der Waals surface area (Å²) in [6.07, 6.45) is 5.38. The van der Waals surface area contributed by atoms with Gasteiger partial charge in [0.1, 0.15) is 12.5 Å². The minimum atomic E-state index is -0.428. The third kappa shape index (κ3) is 2.76. The van der Waals surface area contributed by atoms with E-state index in [0.717, 1.165) is 43.7 Å². The number of aromatic amines is 1. The van der Waals surface area contributed by atoms with Crippen LogP contribution in [0.15, 0.2) is 18.6 Å². The molecule has 0 saturated carbocycles. The zero-order valence-corrected chi connectivity index (χ0v) is 12.4. The van der Waals surface area contributed by atoms with Crippen LogP contribution in [0.5, 0.6) is 0 Å². The van der Waals surface area contributed by atoms with Crippen LogP contribution in [0.3, 0.4) is 0 Å². The molecule has 0 amide bonds. The Hall–Kier alpha value is -2.51. The number of nitrogens with one attached hydrogen (secondary N) is 1. The quantitative estimate of drug-likeness (QED) is 0.685. The van der Waals surface area contributed by atoms with Crippen molar-refractivity contribution in [3.63, 3.8) is 0 Å². The molecule has 2 aromatic rings. The first-order chi connectivity index (χ1) is 10.7. The van der Waals surface area contributed by atoms with Crippen LogP contribution in [0, 0.1) is 10.1 Å². The van der Waals surface area contributed by atoms with Crippen LogP contribution in [-0.2, 0) is 6.42 Å². The molecule has 0 bridgehead atoms. The molecule has 1 saturated heterocycles. The Bertz CT molecular complexity index is 663. The van der Waals surface area contributed by atoms with Crippen molar-refractivity contribution < 1.29 is 4.92 Å². The van der Waals surface area contributed by atoms with Crippen LogP contribution in [0.25, 0.3) is 0 Å². The molecule has 1 N–H and O–H groups in total. The number of anilines is 1. The molecule has 0 aliphatic carbocycles. The first-order valence-electron chi connectivity index (χ1n) is 7.42. The largest absolute Gasteiger partial charge is 0.351 e. The minimum Gasteiger partial charge on any atom is -0.351 e. The molecule has 116 valence electrons. The number of aryl methyl sites for hydroxylation is 1. The summed E-state index contributed by atoms with van der Waals surface area (Å²) in [5.74, 6) is 0.809. The van der Waals surface area contributed by atoms with Crippen LogP contribution in [0.4, 0.5) is 11.5 Å². The lowest BCUT2D eigenvalue weighted by Crippen LogP contribution is -2.34. The van der Waals surface area contributed by atoms with E-state index in [1.165, 1.54) is 12.5 Å². The standard InChI is InChI=1S/C14H18N6O2/c1-2-11-7-12(18-17-11)10-3-5-19(6-4-10)14-13(20(21)22)8-15-9-16-14/h7-10H,2-6H2,1H3,(H,17,18). The fourth-order valence-electron chi connectivity index (χ4n) is 2.84. The van der Waals surface area contributed by atoms with Gasteiger partial charge in [-0.1, -0.05) is 6.92 Å². The summed E-state index contributed by atoms with van der Waals surface area (Å²) in [6.45, 7) is 3.56. The van der Waals surface area contributed by atoms with E-state index in [1.54, 1.807) is 0 Å². The average molecular weight is 302 g/mol. The van der Waals surface area contributed by atoms with Crippen molar-refractivity contribution in [1.29, 1.82) is 0 Å². The van der Waals surface area contributed by atoms with Gasteiger partial charge in [0.2, 0.25) is 5.82 Å². The molecule has 0 unspecified atom stereocenters. The predicted octanol–water partition coefficient (Wildman–Crippen LogP) is 2.05. The summed E-state index contributed by atoms with van der Waals surface area (Å²) in [4.78, 5) is 20.4. The number of piperidine rings is 1. The molecule has 1 aliphatic heterocycles. The van der Waals surface area contributed by atoms with Gasteiger partial charge >= 0.3 is 5.69 Å². The van der Waals surface area contributed by atoms with Crippen molar-refractivity contribution in [2.45, 2.75) is 32.1 Å². The van der Waals surface area contributed by atoms with Gasteiger partial charge in [0.05, 0.1) is 10.6 Å². The molecular formula is C14H18N6O2. The molecule has 3 rings (SSSR count). The molecular weight excluding hydrogens is 284 g/mol. The maximum absolute atomic E-state index is 11.1. The third-order valence-electron chi connectivity index (χ3n) is 4.11. The van der Waals surface area contributed by atoms with Crippen LogP contribution in [0.1, 0.15) is 37.1 Å². The van der Waals surface area contributed by atoms with Gasteiger partial charge in [-0.15, -0.1) is 0 Å². The van der Waals surface area contributed by atoms with Crippen LogP contribution in [0.2, 0.25) is 0 Å². The van der Waals surface area contributed by atoms with Gasteiger partial charge in [-0.2, -0.15) is 5.10 Å². The van der Waals surface area contributed by atoms with Gasteiger partial charge in [-0.05, 0) is 25.3 Å². The van der Waals surface area contributed by atoms with E-state index in [0.29, 0.717) is 11.7 Å². The van der Waals surface area contributed by atoms with Gasteiger partial charge in [-0.3, -0.25) is 15.2 Å². The average Bonchev–Trinajstić information content (AvgIpc) is 3.04. The van der Waals surface area contributed by atoms with Gasteiger partial charge in [0.15, 0.2) is 0 Å². The maximum atomic E-state index is 11.1. The van der Waals surface area contributed by atoms with Crippen molar-refractivity contribution in [2.24, 2.45) is 0 Å². The molecule has 8 heteroatoms. The SMILES string of the molecule is CCc1cc(C2CCN(c3ncncc3[N+](=O)[O-])CC2)n[nH]1. The van der Waals surface area contributed by atoms with Crippen molar-refractivity contribution in [3.8, 4) is 0 Å². The Labute approximate surface area is 127 Å². The second-order valence-corrected chi connectivity index (χ2v) is 5.42. The lowest BCUT2D eigenvalue weighted by atomic mass is 9.93. The maximum Gasteiger partial charge on any atom is 0.329 e. The molecule has 2 aromatic heterocycles. The van der Waals surface area contributed by atoms with Gasteiger partial charge in [0.25, 0.3) is 0 Å². The number of nitro groups is 1. The van der Waals surface area contributed by atoms with Crippen LogP contribution < -0.4 is 4.90 Å². The van der Waals surface area contributed by atoms with Crippen molar-refractivity contribution in [3.05, 3.63) is 40.1 Å². The summed E-state index contributed by atoms with van der Waals surface area (Å²) >= 11 is 0. The number of aromatic nitrogens is 4. The zero-order valence-electron chi connectivity index (χ0n) is 12.4. The van der Waals surface area contributed by atoms with E-state index in [-0.39, 0.29) is 5.69 Å². The van der Waals surface area contributed by atoms with E-state index in [4.69, 9.17) is 0 Å². The van der Waals surface area contributed by atoms with Crippen molar-refractivity contribution in [2.75, 3.05) is 18.0 Å². The van der Waals surface area contributed by atoms with Crippen molar-refractivity contribution in [1.82, 2.24) is 20.2 Å². The topological polar surface area (TPSA) is 101 Å². The highest BCUT2D eigenvalue weighted by Crippen LogP contribution is 2.32. The summed E-state index contributed by atoms with van der Waals surface area (Å²) in [5, 5.41) is 18.5. The Morgan fingerprint density at radius 3 is 2.86 bits per heavy atom. The second kappa shape index (κ2) is 6.08. The number of rotatable bonds is 4. The Balaban J connectivity index is 1.70. The van der Waals surface area contributed by atoms with Gasteiger partial charge in [-0.25, -0.2) is 9.97 Å². The normalized spacial score (nSPS) is 16.0. The third-order valence-corrected chi connectivity index (χ3v) is 4.11. The molecule has 1 aliphatic rings. The van der Waals surface area contributed by atoms with Crippen molar-refractivity contribution >= 4 is 11.5 Å². The summed E-state index contributed by atoms with van der Waals surface area (Å²) < 4.78 is 0. The Morgan fingerprint density at radius 2 is 2.23 bits per heavy atom. The molecule has 0 radical (unpaired) electrons. The molecule has 0 aromatic carbocycles. The fraction of sp³-hybridized carbons (Fsp3) is 0.500. The molecule has 0 spiro atoms. The van der Waals surface area contributed by atoms with Gasteiger partial charge in [0, 0.05) is 24.7 Å². The smallest absolute Gasteiger partial charge is 0.329 e. The molecule has 3 heterocycles. The van der Waals surface area contributed by atoms with Crippen LogP contribution in [-0.4, -0.2) is 38.2 Å². The van der Waals surface area contributed by atoms with E-state index in [1.807, 2.05) is 4.90 Å². The summed E-state index contributed by atoms with van der Waals surface area (Å²) in [5.41, 5.74) is 2.20. The highest BCUT2D eigenvalue weighted by molar-refractivity contribution is 5.56. The highest BCUT2D eigenvalue weighted by atomic mass is 16.6. The summed E-state index contributed by atoms with van der Waals surface area (Å²) in [6, 6.07) is 2.12. The monoisotopic (exact) mass is 302 g/mol. The van der Waals surface area contributed by atoms with E-state index in [2.05, 4.69) is 33.2 Å². The first kappa shape index (κ1) is 14.4. The van der Waals surface area contributed by atoms with Gasteiger partial charge < -0.3 is 4.90 Å².